The highest BCUT2D eigenvalue weighted by molar-refractivity contribution is 5.83. The summed E-state index contributed by atoms with van der Waals surface area (Å²) in [6.45, 7) is 7.78. The Bertz CT molecular complexity index is 898. The van der Waals surface area contributed by atoms with Crippen molar-refractivity contribution in [1.29, 1.82) is 0 Å². The number of rotatable bonds is 28. The van der Waals surface area contributed by atoms with Crippen molar-refractivity contribution in [3.05, 3.63) is 0 Å². The Labute approximate surface area is 287 Å². The van der Waals surface area contributed by atoms with E-state index in [4.69, 9.17) is 14.2 Å². The maximum absolute atomic E-state index is 12.0. The summed E-state index contributed by atoms with van der Waals surface area (Å²) >= 11 is 0. The van der Waals surface area contributed by atoms with Gasteiger partial charge in [0.25, 0.3) is 0 Å². The number of aliphatic hydroxyl groups excluding tert-OH is 3. The maximum atomic E-state index is 12.0. The van der Waals surface area contributed by atoms with Crippen molar-refractivity contribution >= 4 is 23.5 Å². The van der Waals surface area contributed by atoms with Gasteiger partial charge in [0.15, 0.2) is 6.29 Å². The van der Waals surface area contributed by atoms with Gasteiger partial charge < -0.3 is 45.5 Å². The summed E-state index contributed by atoms with van der Waals surface area (Å²) in [6, 6.07) is 0. The van der Waals surface area contributed by atoms with Gasteiger partial charge in [0.2, 0.25) is 17.7 Å². The van der Waals surface area contributed by atoms with Crippen LogP contribution in [-0.4, -0.2) is 109 Å². The van der Waals surface area contributed by atoms with E-state index in [1.165, 1.54) is 12.8 Å². The minimum Gasteiger partial charge on any atom is -0.394 e. The first kappa shape index (κ1) is 43.9. The minimum absolute atomic E-state index is 0.0204. The molecule has 48 heavy (non-hydrogen) atoms. The molecule has 6 N–H and O–H groups in total. The third-order valence-electron chi connectivity index (χ3n) is 8.25. The van der Waals surface area contributed by atoms with E-state index < -0.39 is 31.2 Å². The molecule has 13 heteroatoms. The van der Waals surface area contributed by atoms with E-state index in [1.54, 1.807) is 0 Å². The Balaban J connectivity index is 1.85. The van der Waals surface area contributed by atoms with Crippen LogP contribution >= 0.6 is 0 Å². The molecule has 1 aliphatic rings. The number of carbonyl (C=O) groups excluding carboxylic acids is 4. The molecule has 1 fully saturated rings. The normalized spacial score (nSPS) is 19.5. The number of aliphatic hydroxyl groups is 3. The average Bonchev–Trinajstić information content (AvgIpc) is 3.04. The van der Waals surface area contributed by atoms with Gasteiger partial charge >= 0.3 is 0 Å². The van der Waals surface area contributed by atoms with Crippen molar-refractivity contribution in [2.24, 2.45) is 5.41 Å². The molecule has 1 heterocycles. The molecule has 13 nitrogen and oxygen atoms in total. The van der Waals surface area contributed by atoms with Crippen LogP contribution in [0.25, 0.3) is 0 Å². The third-order valence-corrected chi connectivity index (χ3v) is 8.25. The Morgan fingerprint density at radius 1 is 0.667 bits per heavy atom. The van der Waals surface area contributed by atoms with Crippen molar-refractivity contribution in [3.8, 4) is 0 Å². The molecule has 0 aliphatic carbocycles. The quantitative estimate of drug-likeness (QED) is 0.0667. The minimum atomic E-state index is -1.14. The van der Waals surface area contributed by atoms with Gasteiger partial charge in [0.1, 0.15) is 18.0 Å². The molecule has 0 spiro atoms. The van der Waals surface area contributed by atoms with Crippen LogP contribution in [0.1, 0.15) is 124 Å². The number of hydrogen-bond donors (Lipinski definition) is 6. The van der Waals surface area contributed by atoms with Gasteiger partial charge in [-0.3, -0.25) is 19.2 Å². The molecular formula is C35H65N3O10. The lowest BCUT2D eigenvalue weighted by Crippen LogP contribution is -2.50. The number of unbranched alkanes of at least 4 members (excludes halogenated alkanes) is 8. The molecule has 4 atom stereocenters. The number of hydrogen-bond acceptors (Lipinski definition) is 10. The summed E-state index contributed by atoms with van der Waals surface area (Å²) in [6.07, 6.45) is 8.59. The molecule has 0 bridgehead atoms. The van der Waals surface area contributed by atoms with Crippen LogP contribution < -0.4 is 16.0 Å². The van der Waals surface area contributed by atoms with E-state index in [-0.39, 0.29) is 42.6 Å². The molecule has 1 aliphatic heterocycles. The molecule has 0 saturated carbocycles. The van der Waals surface area contributed by atoms with Gasteiger partial charge in [-0.1, -0.05) is 59.3 Å². The molecule has 0 aromatic rings. The number of Topliss-reactive ketones (excluding diaryl/α,β-unsaturated/α-hetero) is 1. The van der Waals surface area contributed by atoms with Crippen LogP contribution in [-0.2, 0) is 33.4 Å². The largest absolute Gasteiger partial charge is 0.394 e. The lowest BCUT2D eigenvalue weighted by Gasteiger charge is -2.36. The summed E-state index contributed by atoms with van der Waals surface area (Å²) < 4.78 is 16.4. The molecule has 0 radical (unpaired) electrons. The van der Waals surface area contributed by atoms with Crippen molar-refractivity contribution in [2.75, 3.05) is 46.1 Å². The Morgan fingerprint density at radius 3 is 1.77 bits per heavy atom. The highest BCUT2D eigenvalue weighted by Crippen LogP contribution is 2.22. The van der Waals surface area contributed by atoms with E-state index in [1.807, 2.05) is 20.8 Å². The van der Waals surface area contributed by atoms with E-state index in [0.29, 0.717) is 77.2 Å². The monoisotopic (exact) mass is 687 g/mol. The van der Waals surface area contributed by atoms with E-state index in [2.05, 4.69) is 16.0 Å². The van der Waals surface area contributed by atoms with Gasteiger partial charge in [0.05, 0.1) is 25.9 Å². The van der Waals surface area contributed by atoms with Crippen molar-refractivity contribution in [3.63, 3.8) is 0 Å². The van der Waals surface area contributed by atoms with Crippen LogP contribution in [0.15, 0.2) is 0 Å². The third kappa shape index (κ3) is 22.5. The highest BCUT2D eigenvalue weighted by Gasteiger charge is 2.36. The molecule has 0 aromatic carbocycles. The van der Waals surface area contributed by atoms with Crippen LogP contribution in [0.5, 0.6) is 0 Å². The fourth-order valence-corrected chi connectivity index (χ4v) is 5.12. The van der Waals surface area contributed by atoms with Gasteiger partial charge in [-0.25, -0.2) is 0 Å². The van der Waals surface area contributed by atoms with E-state index in [9.17, 15) is 34.5 Å². The molecule has 0 aromatic heterocycles. The zero-order valence-electron chi connectivity index (χ0n) is 29.8. The lowest BCUT2D eigenvalue weighted by atomic mass is 9.88. The number of carbonyl (C=O) groups is 4. The van der Waals surface area contributed by atoms with E-state index in [0.717, 1.165) is 38.5 Å². The topological polar surface area (TPSA) is 193 Å². The first-order valence-corrected chi connectivity index (χ1v) is 18.1. The van der Waals surface area contributed by atoms with Gasteiger partial charge in [-0.15, -0.1) is 0 Å². The summed E-state index contributed by atoms with van der Waals surface area (Å²) in [4.78, 5) is 47.9. The average molecular weight is 688 g/mol. The number of ether oxygens (including phenoxy) is 3. The fraction of sp³-hybridized carbons (Fsp3) is 0.886. The van der Waals surface area contributed by atoms with Crippen LogP contribution in [0.3, 0.4) is 0 Å². The molecule has 0 unspecified atom stereocenters. The summed E-state index contributed by atoms with van der Waals surface area (Å²) in [7, 11) is 0. The van der Waals surface area contributed by atoms with Crippen molar-refractivity contribution in [1.82, 2.24) is 16.0 Å². The van der Waals surface area contributed by atoms with Crippen molar-refractivity contribution < 1.29 is 48.7 Å². The maximum Gasteiger partial charge on any atom is 0.222 e. The van der Waals surface area contributed by atoms with Gasteiger partial charge in [-0.2, -0.15) is 0 Å². The Hall–Kier alpha value is -2.16. The number of ketones is 1. The predicted octanol–water partition coefficient (Wildman–Crippen LogP) is 2.66. The van der Waals surface area contributed by atoms with Crippen molar-refractivity contribution in [2.45, 2.75) is 148 Å². The van der Waals surface area contributed by atoms with Gasteiger partial charge in [-0.05, 0) is 32.1 Å². The SMILES string of the molecule is CC(C)(C)C(=O)CCCCCCCCCCC(=O)NCCOCCC(=O)NCCCNC(=O)CCCCO[C@H]1C[C@@H](O)[C@@H](O)[C@@H](CO)O1. The summed E-state index contributed by atoms with van der Waals surface area (Å²) in [5.41, 5.74) is -0.230. The second-order valence-corrected chi connectivity index (χ2v) is 13.7. The zero-order valence-corrected chi connectivity index (χ0v) is 29.8. The number of nitrogens with one attached hydrogen (secondary N) is 3. The van der Waals surface area contributed by atoms with Gasteiger partial charge in [0, 0.05) is 63.8 Å². The zero-order chi connectivity index (χ0) is 35.6. The fourth-order valence-electron chi connectivity index (χ4n) is 5.12. The highest BCUT2D eigenvalue weighted by atomic mass is 16.7. The lowest BCUT2D eigenvalue weighted by molar-refractivity contribution is -0.256. The molecule has 280 valence electrons. The molecular weight excluding hydrogens is 622 g/mol. The molecule has 3 amide bonds. The second-order valence-electron chi connectivity index (χ2n) is 13.7. The molecule has 1 rings (SSSR count). The van der Waals surface area contributed by atoms with Crippen LogP contribution in [0, 0.1) is 5.41 Å². The van der Waals surface area contributed by atoms with Crippen LogP contribution in [0.2, 0.25) is 0 Å². The predicted molar refractivity (Wildman–Crippen MR) is 182 cm³/mol. The first-order valence-electron chi connectivity index (χ1n) is 18.1. The molecule has 1 saturated heterocycles. The van der Waals surface area contributed by atoms with E-state index >= 15 is 0 Å². The second kappa shape index (κ2) is 26.7. The smallest absolute Gasteiger partial charge is 0.222 e. The summed E-state index contributed by atoms with van der Waals surface area (Å²) in [5.74, 6) is 0.149. The summed E-state index contributed by atoms with van der Waals surface area (Å²) in [5, 5.41) is 37.2. The Morgan fingerprint density at radius 2 is 1.19 bits per heavy atom. The standard InChI is InChI=1S/C35H65N3O10/c1-35(2,3)29(41)15-10-8-6-4-5-7-9-11-16-31(43)38-21-24-46-23-18-32(44)37-20-14-19-36-30(42)17-12-13-22-47-33-25-27(40)34(45)28(26-39)48-33/h27-28,33-34,39-40,45H,4-26H2,1-3H3,(H,36,42)(H,37,44)(H,38,43)/t27-,28-,33-,34-/m1/s1. The first-order chi connectivity index (χ1) is 22.9. The van der Waals surface area contributed by atoms with Crippen LogP contribution in [0.4, 0.5) is 0 Å². The Kier molecular flexibility index (Phi) is 24.4. The number of amides is 3.